The number of aryl methyl sites for hydroxylation is 3. The Morgan fingerprint density at radius 2 is 1.90 bits per heavy atom. The first-order chi connectivity index (χ1) is 13.9. The number of nitrogens with one attached hydrogen (secondary N) is 2. The largest absolute Gasteiger partial charge is 0.486 e. The van der Waals surface area contributed by atoms with Crippen LogP contribution in [0.25, 0.3) is 0 Å². The Bertz CT molecular complexity index is 966. The Morgan fingerprint density at radius 3 is 2.55 bits per heavy atom. The lowest BCUT2D eigenvalue weighted by molar-refractivity contribution is -0.113. The highest BCUT2D eigenvalue weighted by molar-refractivity contribution is 14.1. The van der Waals surface area contributed by atoms with Gasteiger partial charge in [0.25, 0.3) is 0 Å². The molecule has 29 heavy (non-hydrogen) atoms. The number of benzene rings is 2. The number of hydrogen-bond acceptors (Lipinski definition) is 5. The number of anilines is 1. The molecule has 0 spiro atoms. The van der Waals surface area contributed by atoms with E-state index >= 15 is 0 Å². The van der Waals surface area contributed by atoms with Gasteiger partial charge in [-0.3, -0.25) is 9.89 Å². The second-order valence-corrected chi connectivity index (χ2v) is 8.79. The van der Waals surface area contributed by atoms with Crippen LogP contribution in [0.1, 0.15) is 29.4 Å². The van der Waals surface area contributed by atoms with E-state index in [0.29, 0.717) is 17.6 Å². The monoisotopic (exact) mass is 522 g/mol. The van der Waals surface area contributed by atoms with Crippen LogP contribution in [0.5, 0.6) is 5.75 Å². The molecule has 0 unspecified atom stereocenters. The van der Waals surface area contributed by atoms with E-state index < -0.39 is 0 Å². The third kappa shape index (κ3) is 6.20. The van der Waals surface area contributed by atoms with E-state index in [0.717, 1.165) is 32.6 Å². The van der Waals surface area contributed by atoms with Gasteiger partial charge in [-0.05, 0) is 83.8 Å². The molecule has 0 saturated carbocycles. The van der Waals surface area contributed by atoms with Gasteiger partial charge in [0.05, 0.1) is 5.75 Å². The van der Waals surface area contributed by atoms with Crippen molar-refractivity contribution in [2.75, 3.05) is 11.1 Å². The Balaban J connectivity index is 1.49. The second kappa shape index (κ2) is 10.1. The van der Waals surface area contributed by atoms with Crippen LogP contribution in [0, 0.1) is 17.4 Å². The molecule has 3 rings (SSSR count). The molecule has 0 saturated heterocycles. The van der Waals surface area contributed by atoms with Crippen LogP contribution < -0.4 is 10.1 Å². The van der Waals surface area contributed by atoms with E-state index in [4.69, 9.17) is 4.74 Å². The molecule has 0 fully saturated rings. The van der Waals surface area contributed by atoms with E-state index in [2.05, 4.69) is 50.0 Å². The summed E-state index contributed by atoms with van der Waals surface area (Å²) in [6.45, 7) is 6.41. The van der Waals surface area contributed by atoms with Gasteiger partial charge in [0.1, 0.15) is 12.4 Å². The minimum Gasteiger partial charge on any atom is -0.486 e. The van der Waals surface area contributed by atoms with Crippen LogP contribution in [-0.4, -0.2) is 26.8 Å². The molecule has 0 bridgehead atoms. The summed E-state index contributed by atoms with van der Waals surface area (Å²) >= 11 is 3.56. The van der Waals surface area contributed by atoms with Crippen molar-refractivity contribution in [1.82, 2.24) is 15.2 Å². The summed E-state index contributed by atoms with van der Waals surface area (Å²) in [5.41, 5.74) is 4.24. The third-order valence-electron chi connectivity index (χ3n) is 4.31. The van der Waals surface area contributed by atoms with Gasteiger partial charge in [-0.25, -0.2) is 4.98 Å². The molecule has 0 aliphatic rings. The number of ether oxygens (including phenoxy) is 1. The van der Waals surface area contributed by atoms with Crippen molar-refractivity contribution in [3.63, 3.8) is 0 Å². The molecule has 0 aliphatic heterocycles. The van der Waals surface area contributed by atoms with Crippen LogP contribution >= 0.6 is 34.4 Å². The number of halogens is 1. The first-order valence-corrected chi connectivity index (χ1v) is 11.3. The van der Waals surface area contributed by atoms with E-state index in [9.17, 15) is 4.79 Å². The van der Waals surface area contributed by atoms with Gasteiger partial charge in [-0.1, -0.05) is 30.8 Å². The lowest BCUT2D eigenvalue weighted by atomic mass is 10.1. The van der Waals surface area contributed by atoms with Gasteiger partial charge in [0.15, 0.2) is 5.82 Å². The molecule has 6 nitrogen and oxygen atoms in total. The standard InChI is InChI=1S/C21H23IN4O2S/c1-4-15-5-7-17(8-6-15)28-11-18-23-21(26-25-18)29-12-19(27)24-20-13(2)9-16(22)10-14(20)3/h5-10H,4,11-12H2,1-3H3,(H,24,27)(H,23,25,26). The summed E-state index contributed by atoms with van der Waals surface area (Å²) in [5.74, 6) is 1.56. The molecule has 1 amide bonds. The minimum atomic E-state index is -0.0824. The average molecular weight is 522 g/mol. The van der Waals surface area contributed by atoms with Crippen molar-refractivity contribution in [1.29, 1.82) is 0 Å². The fourth-order valence-electron chi connectivity index (χ4n) is 2.79. The highest BCUT2D eigenvalue weighted by Crippen LogP contribution is 2.24. The molecule has 0 atom stereocenters. The van der Waals surface area contributed by atoms with Crippen molar-refractivity contribution in [3.05, 3.63) is 62.5 Å². The number of aromatic amines is 1. The number of nitrogens with zero attached hydrogens (tertiary/aromatic N) is 2. The van der Waals surface area contributed by atoms with Crippen LogP contribution in [-0.2, 0) is 17.8 Å². The molecule has 2 N–H and O–H groups in total. The molecule has 1 aromatic heterocycles. The van der Waals surface area contributed by atoms with E-state index in [1.807, 2.05) is 50.2 Å². The molecule has 8 heteroatoms. The van der Waals surface area contributed by atoms with Gasteiger partial charge < -0.3 is 10.1 Å². The van der Waals surface area contributed by atoms with E-state index in [1.165, 1.54) is 17.3 Å². The summed E-state index contributed by atoms with van der Waals surface area (Å²) < 4.78 is 6.88. The van der Waals surface area contributed by atoms with Crippen LogP contribution in [0.2, 0.25) is 0 Å². The number of amides is 1. The fourth-order valence-corrected chi connectivity index (χ4v) is 4.34. The Morgan fingerprint density at radius 1 is 1.21 bits per heavy atom. The highest BCUT2D eigenvalue weighted by atomic mass is 127. The second-order valence-electron chi connectivity index (χ2n) is 6.60. The van der Waals surface area contributed by atoms with Crippen LogP contribution in [0.4, 0.5) is 5.69 Å². The Kier molecular flexibility index (Phi) is 7.54. The predicted molar refractivity (Wildman–Crippen MR) is 125 cm³/mol. The summed E-state index contributed by atoms with van der Waals surface area (Å²) in [6, 6.07) is 12.1. The zero-order valence-corrected chi connectivity index (χ0v) is 19.6. The Labute approximate surface area is 188 Å². The molecule has 0 aliphatic carbocycles. The van der Waals surface area contributed by atoms with Crippen LogP contribution in [0.15, 0.2) is 41.6 Å². The third-order valence-corrected chi connectivity index (χ3v) is 5.78. The molecule has 2 aromatic carbocycles. The smallest absolute Gasteiger partial charge is 0.234 e. The minimum absolute atomic E-state index is 0.0824. The van der Waals surface area contributed by atoms with Crippen molar-refractivity contribution in [3.8, 4) is 5.75 Å². The number of aromatic nitrogens is 3. The first kappa shape index (κ1) is 21.6. The molecule has 152 valence electrons. The average Bonchev–Trinajstić information content (AvgIpc) is 3.16. The van der Waals surface area contributed by atoms with E-state index in [-0.39, 0.29) is 11.7 Å². The number of carbonyl (C=O) groups is 1. The van der Waals surface area contributed by atoms with Crippen molar-refractivity contribution in [2.45, 2.75) is 39.0 Å². The molecule has 1 heterocycles. The van der Waals surface area contributed by atoms with Crippen molar-refractivity contribution in [2.24, 2.45) is 0 Å². The first-order valence-electron chi connectivity index (χ1n) is 9.27. The summed E-state index contributed by atoms with van der Waals surface area (Å²) in [4.78, 5) is 16.7. The van der Waals surface area contributed by atoms with Gasteiger partial charge >= 0.3 is 0 Å². The van der Waals surface area contributed by atoms with Gasteiger partial charge in [0, 0.05) is 9.26 Å². The summed E-state index contributed by atoms with van der Waals surface area (Å²) in [6.07, 6.45) is 0.999. The lowest BCUT2D eigenvalue weighted by Crippen LogP contribution is -2.16. The maximum absolute atomic E-state index is 12.3. The zero-order chi connectivity index (χ0) is 20.8. The maximum atomic E-state index is 12.3. The van der Waals surface area contributed by atoms with Crippen molar-refractivity contribution >= 4 is 45.9 Å². The lowest BCUT2D eigenvalue weighted by Gasteiger charge is -2.11. The topological polar surface area (TPSA) is 79.9 Å². The number of rotatable bonds is 8. The predicted octanol–water partition coefficient (Wildman–Crippen LogP) is 4.90. The fraction of sp³-hybridized carbons (Fsp3) is 0.286. The Hall–Kier alpha value is -2.07. The van der Waals surface area contributed by atoms with Crippen LogP contribution in [0.3, 0.4) is 0 Å². The molecule has 0 radical (unpaired) electrons. The summed E-state index contributed by atoms with van der Waals surface area (Å²) in [5, 5.41) is 10.5. The van der Waals surface area contributed by atoms with E-state index in [1.54, 1.807) is 0 Å². The number of hydrogen-bond donors (Lipinski definition) is 2. The number of H-pyrrole nitrogens is 1. The number of thioether (sulfide) groups is 1. The normalized spacial score (nSPS) is 10.8. The number of carbonyl (C=O) groups excluding carboxylic acids is 1. The highest BCUT2D eigenvalue weighted by Gasteiger charge is 2.11. The van der Waals surface area contributed by atoms with Gasteiger partial charge in [0.2, 0.25) is 11.1 Å². The van der Waals surface area contributed by atoms with Crippen molar-refractivity contribution < 1.29 is 9.53 Å². The quantitative estimate of drug-likeness (QED) is 0.325. The zero-order valence-electron chi connectivity index (χ0n) is 16.6. The molecular weight excluding hydrogens is 499 g/mol. The van der Waals surface area contributed by atoms with Gasteiger partial charge in [-0.15, -0.1) is 5.10 Å². The SMILES string of the molecule is CCc1ccc(OCc2nc(SCC(=O)Nc3c(C)cc(I)cc3C)n[nH]2)cc1. The van der Waals surface area contributed by atoms with Gasteiger partial charge in [-0.2, -0.15) is 0 Å². The summed E-state index contributed by atoms with van der Waals surface area (Å²) in [7, 11) is 0. The maximum Gasteiger partial charge on any atom is 0.234 e. The molecule has 3 aromatic rings. The molecular formula is C21H23IN4O2S.